The van der Waals surface area contributed by atoms with Gasteiger partial charge in [-0.3, -0.25) is 5.84 Å². The summed E-state index contributed by atoms with van der Waals surface area (Å²) in [6, 6.07) is 0.623. The molecular weight excluding hydrogens is 138 g/mol. The van der Waals surface area contributed by atoms with Crippen LogP contribution >= 0.6 is 0 Å². The van der Waals surface area contributed by atoms with E-state index >= 15 is 0 Å². The summed E-state index contributed by atoms with van der Waals surface area (Å²) in [5.74, 6) is 6.75. The van der Waals surface area contributed by atoms with Crippen LogP contribution in [0.15, 0.2) is 0 Å². The fourth-order valence-corrected chi connectivity index (χ4v) is 2.32. The Balaban J connectivity index is 1.99. The molecule has 2 rings (SSSR count). The van der Waals surface area contributed by atoms with Crippen molar-refractivity contribution in [3.8, 4) is 0 Å². The summed E-state index contributed by atoms with van der Waals surface area (Å²) < 4.78 is 0. The van der Waals surface area contributed by atoms with E-state index in [9.17, 15) is 0 Å². The topological polar surface area (TPSA) is 41.3 Å². The summed E-state index contributed by atoms with van der Waals surface area (Å²) in [5, 5.41) is 5.42. The highest BCUT2D eigenvalue weighted by molar-refractivity contribution is 4.86. The number of nitrogens with one attached hydrogen (secondary N) is 1. The van der Waals surface area contributed by atoms with Crippen molar-refractivity contribution in [3.05, 3.63) is 0 Å². The number of rotatable bonds is 0. The molecular formula is C8H17N3. The minimum absolute atomic E-state index is 0.623. The van der Waals surface area contributed by atoms with Gasteiger partial charge >= 0.3 is 0 Å². The van der Waals surface area contributed by atoms with Crippen LogP contribution in [0.5, 0.6) is 0 Å². The van der Waals surface area contributed by atoms with E-state index in [1.807, 2.05) is 5.01 Å². The van der Waals surface area contributed by atoms with Crippen molar-refractivity contribution in [2.75, 3.05) is 19.6 Å². The lowest BCUT2D eigenvalue weighted by Crippen LogP contribution is -2.56. The van der Waals surface area contributed by atoms with Gasteiger partial charge in [0.25, 0.3) is 0 Å². The Labute approximate surface area is 67.9 Å². The molecule has 0 aromatic carbocycles. The fourth-order valence-electron chi connectivity index (χ4n) is 2.32. The Hall–Kier alpha value is -0.120. The number of hydrazine groups is 1. The third kappa shape index (κ3) is 1.41. The lowest BCUT2D eigenvalue weighted by atomic mass is 9.85. The maximum Gasteiger partial charge on any atom is 0.0394 e. The van der Waals surface area contributed by atoms with Crippen LogP contribution in [0.25, 0.3) is 0 Å². The Kier molecular flexibility index (Phi) is 2.11. The zero-order valence-corrected chi connectivity index (χ0v) is 6.92. The Morgan fingerprint density at radius 1 is 1.36 bits per heavy atom. The SMILES string of the molecule is NN1CCCC2CCNCC21. The molecule has 0 bridgehead atoms. The molecule has 64 valence electrons. The van der Waals surface area contributed by atoms with Gasteiger partial charge in [-0.15, -0.1) is 0 Å². The van der Waals surface area contributed by atoms with Crippen LogP contribution in [0.4, 0.5) is 0 Å². The van der Waals surface area contributed by atoms with Gasteiger partial charge in [-0.2, -0.15) is 0 Å². The van der Waals surface area contributed by atoms with Crippen molar-refractivity contribution < 1.29 is 0 Å². The first-order valence-electron chi connectivity index (χ1n) is 4.60. The number of piperidine rings is 2. The van der Waals surface area contributed by atoms with Gasteiger partial charge in [-0.1, -0.05) is 0 Å². The van der Waals surface area contributed by atoms with Gasteiger partial charge in [-0.05, 0) is 31.7 Å². The monoisotopic (exact) mass is 155 g/mol. The molecule has 11 heavy (non-hydrogen) atoms. The van der Waals surface area contributed by atoms with Crippen LogP contribution < -0.4 is 11.2 Å². The first kappa shape index (κ1) is 7.53. The molecule has 3 N–H and O–H groups in total. The van der Waals surface area contributed by atoms with Crippen LogP contribution in [-0.4, -0.2) is 30.7 Å². The molecule has 0 radical (unpaired) electrons. The molecule has 0 aromatic rings. The maximum absolute atomic E-state index is 5.88. The molecule has 2 fully saturated rings. The second-order valence-corrected chi connectivity index (χ2v) is 3.70. The lowest BCUT2D eigenvalue weighted by molar-refractivity contribution is 0.0709. The average Bonchev–Trinajstić information content (AvgIpc) is 2.06. The van der Waals surface area contributed by atoms with E-state index in [0.717, 1.165) is 19.0 Å². The Morgan fingerprint density at radius 2 is 2.27 bits per heavy atom. The molecule has 2 aliphatic rings. The van der Waals surface area contributed by atoms with E-state index in [-0.39, 0.29) is 0 Å². The minimum atomic E-state index is 0.623. The highest BCUT2D eigenvalue weighted by atomic mass is 15.4. The smallest absolute Gasteiger partial charge is 0.0394 e. The normalized spacial score (nSPS) is 40.1. The van der Waals surface area contributed by atoms with Gasteiger partial charge in [0.05, 0.1) is 0 Å². The van der Waals surface area contributed by atoms with Gasteiger partial charge < -0.3 is 5.32 Å². The van der Waals surface area contributed by atoms with Gasteiger partial charge in [0, 0.05) is 19.1 Å². The van der Waals surface area contributed by atoms with E-state index in [2.05, 4.69) is 5.32 Å². The zero-order valence-electron chi connectivity index (χ0n) is 6.92. The summed E-state index contributed by atoms with van der Waals surface area (Å²) in [5.41, 5.74) is 0. The number of nitrogens with zero attached hydrogens (tertiary/aromatic N) is 1. The van der Waals surface area contributed by atoms with Crippen LogP contribution in [0.3, 0.4) is 0 Å². The lowest BCUT2D eigenvalue weighted by Gasteiger charge is -2.41. The molecule has 3 nitrogen and oxygen atoms in total. The maximum atomic E-state index is 5.88. The highest BCUT2D eigenvalue weighted by Gasteiger charge is 2.31. The molecule has 0 saturated carbocycles. The van der Waals surface area contributed by atoms with Crippen molar-refractivity contribution in [3.63, 3.8) is 0 Å². The fraction of sp³-hybridized carbons (Fsp3) is 1.00. The van der Waals surface area contributed by atoms with Gasteiger partial charge in [0.2, 0.25) is 0 Å². The van der Waals surface area contributed by atoms with E-state index in [0.29, 0.717) is 6.04 Å². The van der Waals surface area contributed by atoms with Crippen molar-refractivity contribution in [2.24, 2.45) is 11.8 Å². The minimum Gasteiger partial charge on any atom is -0.315 e. The predicted molar refractivity (Wildman–Crippen MR) is 44.9 cm³/mol. The summed E-state index contributed by atoms with van der Waals surface area (Å²) in [4.78, 5) is 0. The van der Waals surface area contributed by atoms with E-state index in [1.165, 1.54) is 25.8 Å². The number of hydrogen-bond acceptors (Lipinski definition) is 3. The summed E-state index contributed by atoms with van der Waals surface area (Å²) >= 11 is 0. The van der Waals surface area contributed by atoms with Crippen molar-refractivity contribution in [1.29, 1.82) is 0 Å². The van der Waals surface area contributed by atoms with E-state index < -0.39 is 0 Å². The van der Waals surface area contributed by atoms with Crippen molar-refractivity contribution >= 4 is 0 Å². The molecule has 2 saturated heterocycles. The quantitative estimate of drug-likeness (QED) is 0.481. The van der Waals surface area contributed by atoms with Crippen LogP contribution in [0, 0.1) is 5.92 Å². The molecule has 2 aliphatic heterocycles. The van der Waals surface area contributed by atoms with Crippen molar-refractivity contribution in [2.45, 2.75) is 25.3 Å². The molecule has 3 heteroatoms. The van der Waals surface area contributed by atoms with Gasteiger partial charge in [0.15, 0.2) is 0 Å². The van der Waals surface area contributed by atoms with E-state index in [1.54, 1.807) is 0 Å². The standard InChI is InChI=1S/C8H17N3/c9-11-5-1-2-7-3-4-10-6-8(7)11/h7-8,10H,1-6,9H2. The first-order chi connectivity index (χ1) is 5.38. The molecule has 0 amide bonds. The second kappa shape index (κ2) is 3.09. The molecule has 0 aromatic heterocycles. The molecule has 2 heterocycles. The predicted octanol–water partition coefficient (Wildman–Crippen LogP) is -0.0660. The largest absolute Gasteiger partial charge is 0.315 e. The van der Waals surface area contributed by atoms with E-state index in [4.69, 9.17) is 5.84 Å². The summed E-state index contributed by atoms with van der Waals surface area (Å²) in [6.07, 6.45) is 4.00. The summed E-state index contributed by atoms with van der Waals surface area (Å²) in [6.45, 7) is 3.37. The number of nitrogens with two attached hydrogens (primary N) is 1. The van der Waals surface area contributed by atoms with Crippen molar-refractivity contribution in [1.82, 2.24) is 10.3 Å². The second-order valence-electron chi connectivity index (χ2n) is 3.70. The molecule has 2 atom stereocenters. The zero-order chi connectivity index (χ0) is 7.68. The van der Waals surface area contributed by atoms with Gasteiger partial charge in [-0.25, -0.2) is 5.01 Å². The highest BCUT2D eigenvalue weighted by Crippen LogP contribution is 2.25. The average molecular weight is 155 g/mol. The first-order valence-corrected chi connectivity index (χ1v) is 4.60. The third-order valence-corrected chi connectivity index (χ3v) is 3.01. The van der Waals surface area contributed by atoms with Gasteiger partial charge in [0.1, 0.15) is 0 Å². The Morgan fingerprint density at radius 3 is 3.09 bits per heavy atom. The molecule has 0 spiro atoms. The number of fused-ring (bicyclic) bond motifs is 1. The van der Waals surface area contributed by atoms with Crippen LogP contribution in [0.1, 0.15) is 19.3 Å². The third-order valence-electron chi connectivity index (χ3n) is 3.01. The molecule has 0 aliphatic carbocycles. The number of hydrogen-bond donors (Lipinski definition) is 2. The van der Waals surface area contributed by atoms with Crippen LogP contribution in [-0.2, 0) is 0 Å². The Bertz CT molecular complexity index is 135. The molecule has 2 unspecified atom stereocenters. The summed E-state index contributed by atoms with van der Waals surface area (Å²) in [7, 11) is 0. The van der Waals surface area contributed by atoms with Crippen LogP contribution in [0.2, 0.25) is 0 Å².